The van der Waals surface area contributed by atoms with Gasteiger partial charge in [-0.1, -0.05) is 89.7 Å². The fourth-order valence-corrected chi connectivity index (χ4v) is 9.60. The van der Waals surface area contributed by atoms with Gasteiger partial charge in [-0.15, -0.1) is 0 Å². The molecule has 14 nitrogen and oxygen atoms in total. The topological polar surface area (TPSA) is 173 Å². The summed E-state index contributed by atoms with van der Waals surface area (Å²) in [5.74, 6) is -1.32. The van der Waals surface area contributed by atoms with Gasteiger partial charge < -0.3 is 14.8 Å². The molecule has 1 amide bonds. The predicted octanol–water partition coefficient (Wildman–Crippen LogP) is 8.15. The summed E-state index contributed by atoms with van der Waals surface area (Å²) in [6.45, 7) is 7.50. The average molecular weight is 866 g/mol. The van der Waals surface area contributed by atoms with Crippen molar-refractivity contribution in [1.29, 1.82) is 0 Å². The van der Waals surface area contributed by atoms with Crippen LogP contribution in [0.2, 0.25) is 0 Å². The Hall–Kier alpha value is -4.64. The molecule has 2 N–H and O–H groups in total. The molecular formula is C44H61N6O8S2+. The zero-order valence-electron chi connectivity index (χ0n) is 35.8. The van der Waals surface area contributed by atoms with Crippen LogP contribution in [0.4, 0.5) is 22.7 Å². The highest BCUT2D eigenvalue weighted by Gasteiger charge is 2.57. The highest BCUT2D eigenvalue weighted by atomic mass is 32.2. The third-order valence-electron chi connectivity index (χ3n) is 11.2. The Morgan fingerprint density at radius 2 is 1.57 bits per heavy atom. The van der Waals surface area contributed by atoms with Crippen molar-refractivity contribution in [2.75, 3.05) is 45.4 Å². The van der Waals surface area contributed by atoms with E-state index >= 15 is 0 Å². The van der Waals surface area contributed by atoms with E-state index in [9.17, 15) is 26.4 Å². The van der Waals surface area contributed by atoms with Crippen LogP contribution in [0.1, 0.15) is 107 Å². The number of anilines is 1. The van der Waals surface area contributed by atoms with Crippen LogP contribution in [-0.4, -0.2) is 90.8 Å². The summed E-state index contributed by atoms with van der Waals surface area (Å²) in [7, 11) is -4.82. The number of rotatable bonds is 23. The molecule has 2 aliphatic rings. The van der Waals surface area contributed by atoms with E-state index in [2.05, 4.69) is 22.0 Å². The van der Waals surface area contributed by atoms with Gasteiger partial charge in [-0.05, 0) is 62.2 Å². The molecule has 326 valence electrons. The number of ether oxygens (including phenoxy) is 2. The van der Waals surface area contributed by atoms with E-state index in [-0.39, 0.29) is 51.9 Å². The monoisotopic (exact) mass is 865 g/mol. The van der Waals surface area contributed by atoms with Gasteiger partial charge in [-0.3, -0.25) is 13.6 Å². The number of hydrogen-bond donors (Lipinski definition) is 2. The van der Waals surface area contributed by atoms with Crippen LogP contribution in [0.3, 0.4) is 0 Å². The number of nitrogens with one attached hydrogen (secondary N) is 2. The minimum Gasteiger partial charge on any atom is -0.495 e. The summed E-state index contributed by atoms with van der Waals surface area (Å²) in [5.41, 5.74) is 2.06. The first-order valence-electron chi connectivity index (χ1n) is 21.0. The molecule has 1 saturated heterocycles. The number of likely N-dealkylation sites (N-methyl/N-ethyl adjacent to an activating group) is 1. The van der Waals surface area contributed by atoms with Crippen molar-refractivity contribution >= 4 is 66.2 Å². The second-order valence-corrected chi connectivity index (χ2v) is 19.4. The molecule has 0 aliphatic carbocycles. The summed E-state index contributed by atoms with van der Waals surface area (Å²) in [6.07, 6.45) is 15.2. The Kier molecular flexibility index (Phi) is 16.1. The number of amidine groups is 1. The molecule has 0 radical (unpaired) electrons. The van der Waals surface area contributed by atoms with Crippen molar-refractivity contribution in [2.45, 2.75) is 109 Å². The number of sulfonamides is 2. The Labute approximate surface area is 356 Å². The normalized spacial score (nSPS) is 18.4. The molecule has 0 bridgehead atoms. The van der Waals surface area contributed by atoms with Gasteiger partial charge in [0, 0.05) is 19.2 Å². The zero-order chi connectivity index (χ0) is 43.5. The standard InChI is InChI=1S/C44H60N6O8S2/c1-7-9-10-11-12-13-14-15-16-17-18-21-28-58-44(52)33-24-27-38(57-5)37(30-33)47-43(51)41(42-46-36-22-19-20-23-39(36)60(55,56)49(42)4)45-35-26-25-34(29-32(35)3)50(8-2)31-40(50)48-59(6,53)54/h19-20,22-27,29-30,40,48H,7-18,21,28,31H2,1-6H3/p+1. The van der Waals surface area contributed by atoms with Gasteiger partial charge in [0.25, 0.3) is 15.9 Å². The average Bonchev–Trinajstić information content (AvgIpc) is 3.92. The number of amides is 1. The van der Waals surface area contributed by atoms with Crippen molar-refractivity contribution < 1.29 is 35.9 Å². The molecular weight excluding hydrogens is 805 g/mol. The van der Waals surface area contributed by atoms with Gasteiger partial charge in [0.15, 0.2) is 18.1 Å². The Morgan fingerprint density at radius 3 is 2.18 bits per heavy atom. The molecule has 2 aliphatic heterocycles. The second-order valence-electron chi connectivity index (χ2n) is 15.6. The lowest BCUT2D eigenvalue weighted by molar-refractivity contribution is -0.110. The summed E-state index contributed by atoms with van der Waals surface area (Å²) in [6, 6.07) is 16.2. The number of hydrogen-bond acceptors (Lipinski definition) is 10. The molecule has 5 rings (SSSR count). The third kappa shape index (κ3) is 11.6. The minimum atomic E-state index is -4.12. The Morgan fingerprint density at radius 1 is 0.917 bits per heavy atom. The lowest BCUT2D eigenvalue weighted by atomic mass is 10.1. The number of nitrogens with zero attached hydrogens (tertiary/aromatic N) is 4. The number of carbonyl (C=O) groups is 2. The lowest BCUT2D eigenvalue weighted by Crippen LogP contribution is -2.44. The molecule has 3 aromatic carbocycles. The van der Waals surface area contributed by atoms with Gasteiger partial charge in [0.2, 0.25) is 16.2 Å². The maximum atomic E-state index is 14.4. The number of para-hydroxylation sites is 1. The van der Waals surface area contributed by atoms with Gasteiger partial charge in [-0.2, -0.15) is 4.72 Å². The van der Waals surface area contributed by atoms with Crippen LogP contribution in [0.5, 0.6) is 5.75 Å². The lowest BCUT2D eigenvalue weighted by Gasteiger charge is -2.27. The van der Waals surface area contributed by atoms with Gasteiger partial charge >= 0.3 is 5.97 Å². The maximum absolute atomic E-state index is 14.4. The quantitative estimate of drug-likeness (QED) is 0.0316. The Bertz CT molecular complexity index is 2300. The minimum absolute atomic E-state index is 0.0164. The molecule has 2 unspecified atom stereocenters. The van der Waals surface area contributed by atoms with E-state index < -0.39 is 31.9 Å². The van der Waals surface area contributed by atoms with Crippen molar-refractivity contribution in [2.24, 2.45) is 9.98 Å². The first-order chi connectivity index (χ1) is 28.6. The maximum Gasteiger partial charge on any atom is 0.338 e. The summed E-state index contributed by atoms with van der Waals surface area (Å²) >= 11 is 0. The van der Waals surface area contributed by atoms with Crippen molar-refractivity contribution in [3.05, 3.63) is 71.8 Å². The van der Waals surface area contributed by atoms with Crippen molar-refractivity contribution in [3.8, 4) is 5.75 Å². The fourth-order valence-electron chi connectivity index (χ4n) is 7.55. The van der Waals surface area contributed by atoms with E-state index in [0.717, 1.165) is 35.5 Å². The number of fused-ring (bicyclic) bond motifs is 1. The number of unbranched alkanes of at least 4 members (excludes halogenated alkanes) is 11. The first kappa shape index (κ1) is 46.4. The smallest absolute Gasteiger partial charge is 0.338 e. The molecule has 2 heterocycles. The van der Waals surface area contributed by atoms with Crippen LogP contribution in [0.25, 0.3) is 0 Å². The molecule has 0 saturated carbocycles. The fraction of sp³-hybridized carbons (Fsp3) is 0.500. The van der Waals surface area contributed by atoms with Gasteiger partial charge in [-0.25, -0.2) is 31.6 Å². The Balaban J connectivity index is 1.34. The summed E-state index contributed by atoms with van der Waals surface area (Å²) in [5, 5.41) is 2.79. The molecule has 16 heteroatoms. The highest BCUT2D eigenvalue weighted by molar-refractivity contribution is 7.90. The SMILES string of the molecule is CCCCCCCCCCCCCCOC(=O)c1ccc(OC)c(NC(=O)C(=Nc2ccc([N+]3(CC)CC3NS(C)(=O)=O)cc2C)C2=Nc3ccccc3S(=O)(=O)N2C)c1. The number of carbonyl (C=O) groups excluding carboxylic acids is 2. The third-order valence-corrected chi connectivity index (χ3v) is 13.7. The van der Waals surface area contributed by atoms with Gasteiger partial charge in [0.1, 0.15) is 16.3 Å². The molecule has 0 spiro atoms. The number of esters is 1. The highest BCUT2D eigenvalue weighted by Crippen LogP contribution is 2.40. The van der Waals surface area contributed by atoms with E-state index in [1.807, 2.05) is 19.1 Å². The van der Waals surface area contributed by atoms with E-state index in [0.29, 0.717) is 28.8 Å². The number of benzene rings is 3. The van der Waals surface area contributed by atoms with Crippen LogP contribution in [0, 0.1) is 6.92 Å². The molecule has 1 fully saturated rings. The van der Waals surface area contributed by atoms with Crippen molar-refractivity contribution in [1.82, 2.24) is 13.5 Å². The molecule has 60 heavy (non-hydrogen) atoms. The largest absolute Gasteiger partial charge is 0.495 e. The zero-order valence-corrected chi connectivity index (χ0v) is 37.5. The number of aryl methyl sites for hydroxylation is 1. The van der Waals surface area contributed by atoms with E-state index in [1.54, 1.807) is 43.3 Å². The van der Waals surface area contributed by atoms with E-state index in [1.165, 1.54) is 84.1 Å². The number of aliphatic imine (C=N–C) groups is 2. The number of quaternary nitrogens is 1. The van der Waals surface area contributed by atoms with Gasteiger partial charge in [0.05, 0.1) is 49.1 Å². The van der Waals surface area contributed by atoms with Crippen LogP contribution in [0.15, 0.2) is 75.5 Å². The summed E-state index contributed by atoms with van der Waals surface area (Å²) < 4.78 is 66.6. The van der Waals surface area contributed by atoms with Crippen molar-refractivity contribution in [3.63, 3.8) is 0 Å². The first-order valence-corrected chi connectivity index (χ1v) is 24.4. The summed E-state index contributed by atoms with van der Waals surface area (Å²) in [4.78, 5) is 36.9. The van der Waals surface area contributed by atoms with Crippen LogP contribution in [-0.2, 0) is 29.6 Å². The van der Waals surface area contributed by atoms with Crippen LogP contribution >= 0.6 is 0 Å². The number of methoxy groups -OCH3 is 1. The molecule has 0 aromatic heterocycles. The molecule has 2 atom stereocenters. The predicted molar refractivity (Wildman–Crippen MR) is 239 cm³/mol. The molecule has 3 aromatic rings. The van der Waals surface area contributed by atoms with E-state index in [4.69, 9.17) is 14.5 Å². The second kappa shape index (κ2) is 20.8. The van der Waals surface area contributed by atoms with Crippen LogP contribution < -0.4 is 19.3 Å².